The molecule has 0 saturated heterocycles. The second-order valence-electron chi connectivity index (χ2n) is 8.84. The summed E-state index contributed by atoms with van der Waals surface area (Å²) in [6.45, 7) is 0.544. The molecule has 0 spiro atoms. The molecule has 0 unspecified atom stereocenters. The summed E-state index contributed by atoms with van der Waals surface area (Å²) in [6, 6.07) is 4.34. The summed E-state index contributed by atoms with van der Waals surface area (Å²) in [4.78, 5) is 55.4. The van der Waals surface area contributed by atoms with Crippen LogP contribution in [0.3, 0.4) is 0 Å². The Labute approximate surface area is 213 Å². The summed E-state index contributed by atoms with van der Waals surface area (Å²) in [6.07, 6.45) is 4.96. The van der Waals surface area contributed by atoms with Crippen molar-refractivity contribution >= 4 is 45.6 Å². The first-order valence-electron chi connectivity index (χ1n) is 11.3. The van der Waals surface area contributed by atoms with Gasteiger partial charge in [-0.15, -0.1) is 0 Å². The van der Waals surface area contributed by atoms with E-state index in [9.17, 15) is 14.4 Å². The molecule has 3 aromatic rings. The molecular weight excluding hydrogens is 532 g/mol. The first-order valence-corrected chi connectivity index (χ1v) is 12.1. The zero-order chi connectivity index (χ0) is 25.4. The van der Waals surface area contributed by atoms with Gasteiger partial charge in [-0.1, -0.05) is 0 Å². The minimum absolute atomic E-state index is 0.0513. The topological polar surface area (TPSA) is 212 Å². The fourth-order valence-corrected chi connectivity index (χ4v) is 5.54. The average Bonchev–Trinajstić information content (AvgIpc) is 3.62. The second kappa shape index (κ2) is 9.53. The van der Waals surface area contributed by atoms with Gasteiger partial charge in [0.2, 0.25) is 0 Å². The van der Waals surface area contributed by atoms with Crippen LogP contribution in [0.15, 0.2) is 46.3 Å². The Morgan fingerprint density at radius 2 is 1.83 bits per heavy atom. The van der Waals surface area contributed by atoms with Crippen molar-refractivity contribution < 1.29 is 14.4 Å². The number of rotatable bonds is 8. The van der Waals surface area contributed by atoms with Gasteiger partial charge in [0.1, 0.15) is 17.4 Å². The van der Waals surface area contributed by atoms with Crippen molar-refractivity contribution in [3.63, 3.8) is 0 Å². The first kappa shape index (κ1) is 23.7. The third kappa shape index (κ3) is 4.46. The number of aromatic nitrogens is 4. The van der Waals surface area contributed by atoms with E-state index in [0.717, 1.165) is 10.2 Å². The highest BCUT2D eigenvalue weighted by Gasteiger charge is 2.57. The van der Waals surface area contributed by atoms with E-state index >= 15 is 0 Å². The minimum Gasteiger partial charge on any atom is -0.370 e. The molecule has 5 atom stereocenters. The number of nitrogens with one attached hydrogen (secondary N) is 6. The summed E-state index contributed by atoms with van der Waals surface area (Å²) in [7, 11) is 0. The van der Waals surface area contributed by atoms with E-state index in [2.05, 4.69) is 56.8 Å². The Morgan fingerprint density at radius 3 is 2.42 bits per heavy atom. The zero-order valence-corrected chi connectivity index (χ0v) is 20.5. The molecule has 4 heterocycles. The first-order chi connectivity index (χ1) is 17.3. The van der Waals surface area contributed by atoms with Crippen LogP contribution in [-0.2, 0) is 4.79 Å². The second-order valence-corrected chi connectivity index (χ2v) is 9.75. The maximum atomic E-state index is 12.7. The molecule has 5 rings (SSSR count). The number of nitrogens with zero attached hydrogens (tertiary/aromatic N) is 2. The van der Waals surface area contributed by atoms with Crippen molar-refractivity contribution in [1.82, 2.24) is 35.9 Å². The Morgan fingerprint density at radius 1 is 1.08 bits per heavy atom. The van der Waals surface area contributed by atoms with Crippen LogP contribution in [0.2, 0.25) is 0 Å². The van der Waals surface area contributed by atoms with Crippen LogP contribution in [0.1, 0.15) is 32.6 Å². The van der Waals surface area contributed by atoms with Crippen LogP contribution in [0.4, 0.5) is 5.95 Å². The van der Waals surface area contributed by atoms with Crippen molar-refractivity contribution in [3.05, 3.63) is 58.3 Å². The third-order valence-corrected chi connectivity index (χ3v) is 7.25. The van der Waals surface area contributed by atoms with Gasteiger partial charge in [0.05, 0.1) is 6.20 Å². The molecule has 13 nitrogen and oxygen atoms in total. The van der Waals surface area contributed by atoms with E-state index in [1.54, 1.807) is 36.8 Å². The highest BCUT2D eigenvalue weighted by atomic mass is 79.9. The van der Waals surface area contributed by atoms with E-state index in [0.29, 0.717) is 17.9 Å². The number of anilines is 1. The predicted octanol–water partition coefficient (Wildman–Crippen LogP) is 0.0295. The minimum atomic E-state index is -0.753. The van der Waals surface area contributed by atoms with Crippen LogP contribution in [0.25, 0.3) is 0 Å². The number of carbonyl (C=O) groups is 3. The standard InChI is InChI=1S/C22H25BrN10O3/c23-9-4-13(27-5-9)19(35)29-7-11-10(6-28-18(34)12-2-1-3-26-12)15(14-8-30-21(24)31-14)16(11)17-20(36)33-22(25)32-17/h1-5,8,10-11,15-17,26-27H,6-7H2,(H,28,34)(H,29,35)(H3,24,30,31)(H3,25,32,33,36)/t10-,11-,15-,16+,17-/m1/s1. The summed E-state index contributed by atoms with van der Waals surface area (Å²) in [5.74, 6) is -1.51. The van der Waals surface area contributed by atoms with Gasteiger partial charge in [-0.3, -0.25) is 19.7 Å². The maximum absolute atomic E-state index is 12.7. The van der Waals surface area contributed by atoms with Gasteiger partial charge in [-0.25, -0.2) is 9.98 Å². The quantitative estimate of drug-likeness (QED) is 0.191. The monoisotopic (exact) mass is 556 g/mol. The summed E-state index contributed by atoms with van der Waals surface area (Å²) in [5, 5.41) is 8.46. The lowest BCUT2D eigenvalue weighted by Crippen LogP contribution is -2.59. The fraction of sp³-hybridized carbons (Fsp3) is 0.318. The van der Waals surface area contributed by atoms with Crippen LogP contribution >= 0.6 is 15.9 Å². The highest BCUT2D eigenvalue weighted by molar-refractivity contribution is 9.10. The van der Waals surface area contributed by atoms with E-state index in [-0.39, 0.29) is 59.8 Å². The summed E-state index contributed by atoms with van der Waals surface area (Å²) in [5.41, 5.74) is 13.2. The van der Waals surface area contributed by atoms with Crippen LogP contribution in [0, 0.1) is 17.8 Å². The molecule has 1 aliphatic heterocycles. The lowest BCUT2D eigenvalue weighted by molar-refractivity contribution is -0.124. The number of imidazole rings is 1. The number of amides is 3. The fourth-order valence-electron chi connectivity index (χ4n) is 5.20. The van der Waals surface area contributed by atoms with E-state index < -0.39 is 6.04 Å². The summed E-state index contributed by atoms with van der Waals surface area (Å²) >= 11 is 3.32. The van der Waals surface area contributed by atoms with Crippen molar-refractivity contribution in [2.45, 2.75) is 12.0 Å². The molecule has 2 aliphatic rings. The largest absolute Gasteiger partial charge is 0.370 e. The molecule has 14 heteroatoms. The van der Waals surface area contributed by atoms with Crippen molar-refractivity contribution in [2.75, 3.05) is 18.8 Å². The molecule has 36 heavy (non-hydrogen) atoms. The SMILES string of the molecule is NC1=N[C@H]([C@H]2[C@H](CNC(=O)c3cc(Br)c[nH]3)[C@@H](CNC(=O)c3ccc[nH]3)[C@@H]2c2cnc(N)[nH]2)C(=O)N1. The van der Waals surface area contributed by atoms with E-state index in [1.165, 1.54) is 0 Å². The molecule has 10 N–H and O–H groups in total. The normalized spacial score (nSPS) is 25.1. The lowest BCUT2D eigenvalue weighted by Gasteiger charge is -2.53. The molecule has 0 aromatic carbocycles. The number of hydrogen-bond acceptors (Lipinski definition) is 7. The molecule has 3 amide bonds. The summed E-state index contributed by atoms with van der Waals surface area (Å²) < 4.78 is 0.753. The van der Waals surface area contributed by atoms with Gasteiger partial charge in [-0.2, -0.15) is 0 Å². The Balaban J connectivity index is 1.41. The number of aliphatic imine (C=N–C) groups is 1. The molecular formula is C22H25BrN10O3. The van der Waals surface area contributed by atoms with Gasteiger partial charge in [-0.05, 0) is 46.0 Å². The van der Waals surface area contributed by atoms with Gasteiger partial charge in [0, 0.05) is 47.5 Å². The van der Waals surface area contributed by atoms with Gasteiger partial charge >= 0.3 is 0 Å². The Kier molecular flexibility index (Phi) is 6.26. The maximum Gasteiger partial charge on any atom is 0.267 e. The lowest BCUT2D eigenvalue weighted by atomic mass is 9.53. The van der Waals surface area contributed by atoms with Gasteiger partial charge < -0.3 is 37.1 Å². The highest BCUT2D eigenvalue weighted by Crippen LogP contribution is 2.54. The Hall–Kier alpha value is -4.07. The Bertz CT molecular complexity index is 1310. The average molecular weight is 557 g/mol. The van der Waals surface area contributed by atoms with E-state index in [1.807, 2.05) is 0 Å². The van der Waals surface area contributed by atoms with Crippen LogP contribution < -0.4 is 27.4 Å². The van der Waals surface area contributed by atoms with E-state index in [4.69, 9.17) is 11.5 Å². The molecule has 1 aliphatic carbocycles. The predicted molar refractivity (Wildman–Crippen MR) is 134 cm³/mol. The zero-order valence-electron chi connectivity index (χ0n) is 18.9. The van der Waals surface area contributed by atoms with Gasteiger partial charge in [0.25, 0.3) is 17.7 Å². The van der Waals surface area contributed by atoms with Crippen molar-refractivity contribution in [2.24, 2.45) is 28.5 Å². The number of halogens is 1. The number of hydrogen-bond donors (Lipinski definition) is 8. The number of nitrogen functional groups attached to an aromatic ring is 1. The number of nitrogens with two attached hydrogens (primary N) is 2. The van der Waals surface area contributed by atoms with Crippen LogP contribution in [0.5, 0.6) is 0 Å². The van der Waals surface area contributed by atoms with Gasteiger partial charge in [0.15, 0.2) is 11.9 Å². The van der Waals surface area contributed by atoms with Crippen LogP contribution in [-0.4, -0.2) is 62.7 Å². The molecule has 1 fully saturated rings. The number of H-pyrrole nitrogens is 3. The molecule has 0 bridgehead atoms. The van der Waals surface area contributed by atoms with Crippen molar-refractivity contribution in [1.29, 1.82) is 0 Å². The smallest absolute Gasteiger partial charge is 0.267 e. The molecule has 0 radical (unpaired) electrons. The van der Waals surface area contributed by atoms with Crippen molar-refractivity contribution in [3.8, 4) is 0 Å². The number of guanidine groups is 1. The third-order valence-electron chi connectivity index (χ3n) is 6.79. The molecule has 188 valence electrons. The number of carbonyl (C=O) groups excluding carboxylic acids is 3. The number of aromatic amines is 3. The molecule has 3 aromatic heterocycles. The molecule has 1 saturated carbocycles.